The number of hydrogen-bond acceptors (Lipinski definition) is 2. The van der Waals surface area contributed by atoms with Gasteiger partial charge in [-0.2, -0.15) is 0 Å². The van der Waals surface area contributed by atoms with Crippen LogP contribution in [-0.2, 0) is 11.2 Å². The van der Waals surface area contributed by atoms with E-state index in [0.29, 0.717) is 6.42 Å². The molecule has 3 nitrogen and oxygen atoms in total. The minimum Gasteiger partial charge on any atom is -0.496 e. The SMILES string of the molecule is CCCN1C(=O)CCCc2c1ccc(C)c2OC. The van der Waals surface area contributed by atoms with E-state index in [9.17, 15) is 4.79 Å². The zero-order valence-corrected chi connectivity index (χ0v) is 11.5. The zero-order chi connectivity index (χ0) is 13.1. The Balaban J connectivity index is 2.53. The summed E-state index contributed by atoms with van der Waals surface area (Å²) in [6.45, 7) is 4.94. The highest BCUT2D eigenvalue weighted by atomic mass is 16.5. The molecule has 0 saturated carbocycles. The lowest BCUT2D eigenvalue weighted by atomic mass is 10.0. The average Bonchev–Trinajstić information content (AvgIpc) is 2.51. The predicted molar refractivity (Wildman–Crippen MR) is 73.3 cm³/mol. The quantitative estimate of drug-likeness (QED) is 0.821. The van der Waals surface area contributed by atoms with Crippen molar-refractivity contribution >= 4 is 11.6 Å². The van der Waals surface area contributed by atoms with Crippen molar-refractivity contribution in [3.8, 4) is 5.75 Å². The summed E-state index contributed by atoms with van der Waals surface area (Å²) in [5, 5.41) is 0. The molecule has 0 radical (unpaired) electrons. The zero-order valence-electron chi connectivity index (χ0n) is 11.5. The van der Waals surface area contributed by atoms with E-state index in [1.54, 1.807) is 7.11 Å². The molecule has 0 aliphatic carbocycles. The van der Waals surface area contributed by atoms with E-state index in [4.69, 9.17) is 4.74 Å². The monoisotopic (exact) mass is 247 g/mol. The van der Waals surface area contributed by atoms with E-state index < -0.39 is 0 Å². The van der Waals surface area contributed by atoms with Crippen LogP contribution in [0.1, 0.15) is 37.3 Å². The molecule has 1 amide bonds. The van der Waals surface area contributed by atoms with Gasteiger partial charge in [-0.15, -0.1) is 0 Å². The maximum absolute atomic E-state index is 12.1. The number of fused-ring (bicyclic) bond motifs is 1. The van der Waals surface area contributed by atoms with E-state index in [1.807, 2.05) is 11.0 Å². The lowest BCUT2D eigenvalue weighted by molar-refractivity contribution is -0.118. The number of nitrogens with zero attached hydrogens (tertiary/aromatic N) is 1. The van der Waals surface area contributed by atoms with Gasteiger partial charge in [0.1, 0.15) is 5.75 Å². The molecule has 0 saturated heterocycles. The third-order valence-electron chi connectivity index (χ3n) is 3.49. The van der Waals surface area contributed by atoms with Crippen molar-refractivity contribution in [1.82, 2.24) is 0 Å². The fourth-order valence-corrected chi connectivity index (χ4v) is 2.67. The molecule has 3 heteroatoms. The second kappa shape index (κ2) is 5.42. The number of ether oxygens (including phenoxy) is 1. The summed E-state index contributed by atoms with van der Waals surface area (Å²) >= 11 is 0. The highest BCUT2D eigenvalue weighted by Gasteiger charge is 2.24. The first-order chi connectivity index (χ1) is 8.69. The summed E-state index contributed by atoms with van der Waals surface area (Å²) < 4.78 is 5.52. The summed E-state index contributed by atoms with van der Waals surface area (Å²) in [6.07, 6.45) is 3.44. The fraction of sp³-hybridized carbons (Fsp3) is 0.533. The van der Waals surface area contributed by atoms with Crippen molar-refractivity contribution in [2.45, 2.75) is 39.5 Å². The number of methoxy groups -OCH3 is 1. The summed E-state index contributed by atoms with van der Waals surface area (Å²) in [5.41, 5.74) is 3.38. The largest absolute Gasteiger partial charge is 0.496 e. The van der Waals surface area contributed by atoms with Gasteiger partial charge in [0, 0.05) is 18.5 Å². The summed E-state index contributed by atoms with van der Waals surface area (Å²) in [4.78, 5) is 14.1. The van der Waals surface area contributed by atoms with Crippen molar-refractivity contribution < 1.29 is 9.53 Å². The third-order valence-corrected chi connectivity index (χ3v) is 3.49. The first kappa shape index (κ1) is 12.9. The number of aryl methyl sites for hydroxylation is 1. The topological polar surface area (TPSA) is 29.5 Å². The van der Waals surface area contributed by atoms with E-state index >= 15 is 0 Å². The summed E-state index contributed by atoms with van der Waals surface area (Å²) in [5.74, 6) is 1.19. The van der Waals surface area contributed by atoms with Gasteiger partial charge in [0.2, 0.25) is 5.91 Å². The Morgan fingerprint density at radius 1 is 1.33 bits per heavy atom. The summed E-state index contributed by atoms with van der Waals surface area (Å²) in [6, 6.07) is 4.10. The average molecular weight is 247 g/mol. The van der Waals surface area contributed by atoms with Crippen LogP contribution in [0.25, 0.3) is 0 Å². The molecular weight excluding hydrogens is 226 g/mol. The highest BCUT2D eigenvalue weighted by Crippen LogP contribution is 2.36. The van der Waals surface area contributed by atoms with E-state index in [2.05, 4.69) is 19.9 Å². The maximum atomic E-state index is 12.1. The van der Waals surface area contributed by atoms with Gasteiger partial charge in [0.25, 0.3) is 0 Å². The van der Waals surface area contributed by atoms with E-state index in [-0.39, 0.29) is 5.91 Å². The molecular formula is C15H21NO2. The molecule has 1 aliphatic rings. The fourth-order valence-electron chi connectivity index (χ4n) is 2.67. The van der Waals surface area contributed by atoms with Crippen molar-refractivity contribution in [2.75, 3.05) is 18.6 Å². The van der Waals surface area contributed by atoms with E-state index in [1.165, 1.54) is 5.56 Å². The lowest BCUT2D eigenvalue weighted by Gasteiger charge is -2.24. The van der Waals surface area contributed by atoms with Crippen molar-refractivity contribution in [3.63, 3.8) is 0 Å². The molecule has 2 rings (SSSR count). The Bertz CT molecular complexity index is 454. The van der Waals surface area contributed by atoms with Gasteiger partial charge in [-0.1, -0.05) is 13.0 Å². The molecule has 0 bridgehead atoms. The number of anilines is 1. The van der Waals surface area contributed by atoms with Gasteiger partial charge >= 0.3 is 0 Å². The van der Waals surface area contributed by atoms with Crippen LogP contribution < -0.4 is 9.64 Å². The Hall–Kier alpha value is -1.51. The van der Waals surface area contributed by atoms with Gasteiger partial charge in [-0.05, 0) is 37.8 Å². The molecule has 0 spiro atoms. The number of carbonyl (C=O) groups excluding carboxylic acids is 1. The smallest absolute Gasteiger partial charge is 0.226 e. The Kier molecular flexibility index (Phi) is 3.90. The van der Waals surface area contributed by atoms with Gasteiger partial charge in [-0.3, -0.25) is 4.79 Å². The molecule has 1 aliphatic heterocycles. The number of hydrogen-bond donors (Lipinski definition) is 0. The molecule has 18 heavy (non-hydrogen) atoms. The van der Waals surface area contributed by atoms with Crippen molar-refractivity contribution in [1.29, 1.82) is 0 Å². The molecule has 1 aromatic rings. The van der Waals surface area contributed by atoms with Crippen LogP contribution in [0.2, 0.25) is 0 Å². The molecule has 0 N–H and O–H groups in total. The Labute approximate surface area is 109 Å². The molecule has 0 fully saturated rings. The Morgan fingerprint density at radius 2 is 2.11 bits per heavy atom. The van der Waals surface area contributed by atoms with Crippen LogP contribution in [0.3, 0.4) is 0 Å². The molecule has 1 heterocycles. The van der Waals surface area contributed by atoms with Crippen LogP contribution >= 0.6 is 0 Å². The maximum Gasteiger partial charge on any atom is 0.226 e. The van der Waals surface area contributed by atoms with Crippen molar-refractivity contribution in [3.05, 3.63) is 23.3 Å². The Morgan fingerprint density at radius 3 is 2.78 bits per heavy atom. The van der Waals surface area contributed by atoms with Gasteiger partial charge < -0.3 is 9.64 Å². The standard InChI is InChI=1S/C15H21NO2/c1-4-10-16-13-9-8-11(2)15(18-3)12(13)6-5-7-14(16)17/h8-9H,4-7,10H2,1-3H3. The first-order valence-corrected chi connectivity index (χ1v) is 6.65. The van der Waals surface area contributed by atoms with E-state index in [0.717, 1.165) is 42.8 Å². The van der Waals surface area contributed by atoms with Crippen LogP contribution in [-0.4, -0.2) is 19.6 Å². The van der Waals surface area contributed by atoms with Crippen LogP contribution in [0.5, 0.6) is 5.75 Å². The number of amides is 1. The number of benzene rings is 1. The normalized spacial score (nSPS) is 15.3. The minimum atomic E-state index is 0.238. The summed E-state index contributed by atoms with van der Waals surface area (Å²) in [7, 11) is 1.71. The van der Waals surface area contributed by atoms with Crippen molar-refractivity contribution in [2.24, 2.45) is 0 Å². The second-order valence-corrected chi connectivity index (χ2v) is 4.81. The molecule has 1 aromatic carbocycles. The van der Waals surface area contributed by atoms with Gasteiger partial charge in [-0.25, -0.2) is 0 Å². The number of carbonyl (C=O) groups is 1. The number of rotatable bonds is 3. The first-order valence-electron chi connectivity index (χ1n) is 6.65. The molecule has 0 aromatic heterocycles. The van der Waals surface area contributed by atoms with Gasteiger partial charge in [0.15, 0.2) is 0 Å². The van der Waals surface area contributed by atoms with Crippen LogP contribution in [0.15, 0.2) is 12.1 Å². The predicted octanol–water partition coefficient (Wildman–Crippen LogP) is 3.08. The van der Waals surface area contributed by atoms with Crippen LogP contribution in [0.4, 0.5) is 5.69 Å². The molecule has 0 atom stereocenters. The minimum absolute atomic E-state index is 0.238. The van der Waals surface area contributed by atoms with Gasteiger partial charge in [0.05, 0.1) is 12.8 Å². The van der Waals surface area contributed by atoms with Crippen LogP contribution in [0, 0.1) is 6.92 Å². The molecule has 0 unspecified atom stereocenters. The second-order valence-electron chi connectivity index (χ2n) is 4.81. The highest BCUT2D eigenvalue weighted by molar-refractivity contribution is 5.95. The lowest BCUT2D eigenvalue weighted by Crippen LogP contribution is -2.30. The third kappa shape index (κ3) is 2.22. The molecule has 98 valence electrons.